The molecular weight excluding hydrogens is 222 g/mol. The van der Waals surface area contributed by atoms with Gasteiger partial charge in [-0.05, 0) is 36.0 Å². The van der Waals surface area contributed by atoms with E-state index in [9.17, 15) is 0 Å². The lowest BCUT2D eigenvalue weighted by molar-refractivity contribution is 0.535. The Bertz CT molecular complexity index is 537. The Kier molecular flexibility index (Phi) is 3.76. The summed E-state index contributed by atoms with van der Waals surface area (Å²) in [5, 5.41) is 1.25. The molecule has 0 aliphatic rings. The van der Waals surface area contributed by atoms with Crippen LogP contribution < -0.4 is 5.73 Å². The highest BCUT2D eigenvalue weighted by Gasteiger charge is 2.15. The standard InChI is InChI=1S/C16H23NO/c1-10(2)7-13-14-8-12(11(3)4)5-6-15(14)18-16(13)9-17/h5-6,8,10-11H,7,9,17H2,1-4H3. The molecule has 2 nitrogen and oxygen atoms in total. The predicted octanol–water partition coefficient (Wildman–Crippen LogP) is 4.21. The van der Waals surface area contributed by atoms with Crippen LogP contribution in [0.1, 0.15) is 50.5 Å². The Morgan fingerprint density at radius 1 is 1.17 bits per heavy atom. The minimum Gasteiger partial charge on any atom is -0.459 e. The van der Waals surface area contributed by atoms with Gasteiger partial charge >= 0.3 is 0 Å². The summed E-state index contributed by atoms with van der Waals surface area (Å²) in [5.74, 6) is 2.09. The van der Waals surface area contributed by atoms with E-state index in [4.69, 9.17) is 10.2 Å². The molecule has 2 heteroatoms. The molecule has 0 spiro atoms. The first-order chi connectivity index (χ1) is 8.52. The summed E-state index contributed by atoms with van der Waals surface area (Å²) in [6.45, 7) is 9.37. The van der Waals surface area contributed by atoms with E-state index in [1.165, 1.54) is 16.5 Å². The second-order valence-corrected chi connectivity index (χ2v) is 5.72. The van der Waals surface area contributed by atoms with Gasteiger partial charge in [0.05, 0.1) is 6.54 Å². The summed E-state index contributed by atoms with van der Waals surface area (Å²) in [6, 6.07) is 6.49. The van der Waals surface area contributed by atoms with Gasteiger partial charge in [0, 0.05) is 10.9 Å². The predicted molar refractivity (Wildman–Crippen MR) is 76.7 cm³/mol. The fraction of sp³-hybridized carbons (Fsp3) is 0.500. The molecule has 0 amide bonds. The summed E-state index contributed by atoms with van der Waals surface area (Å²) in [6.07, 6.45) is 1.03. The first kappa shape index (κ1) is 13.2. The van der Waals surface area contributed by atoms with Crippen molar-refractivity contribution in [2.45, 2.75) is 46.6 Å². The van der Waals surface area contributed by atoms with Crippen molar-refractivity contribution in [3.63, 3.8) is 0 Å². The van der Waals surface area contributed by atoms with Crippen molar-refractivity contribution >= 4 is 11.0 Å². The molecule has 18 heavy (non-hydrogen) atoms. The van der Waals surface area contributed by atoms with Crippen LogP contribution in [-0.2, 0) is 13.0 Å². The highest BCUT2D eigenvalue weighted by atomic mass is 16.3. The van der Waals surface area contributed by atoms with Crippen molar-refractivity contribution in [3.05, 3.63) is 35.1 Å². The molecule has 0 bridgehead atoms. The number of hydrogen-bond donors (Lipinski definition) is 1. The maximum Gasteiger partial charge on any atom is 0.134 e. The normalized spacial score (nSPS) is 11.9. The smallest absolute Gasteiger partial charge is 0.134 e. The van der Waals surface area contributed by atoms with Gasteiger partial charge in [-0.1, -0.05) is 33.8 Å². The van der Waals surface area contributed by atoms with Crippen molar-refractivity contribution in [2.75, 3.05) is 0 Å². The summed E-state index contributed by atoms with van der Waals surface area (Å²) in [4.78, 5) is 0. The van der Waals surface area contributed by atoms with Crippen LogP contribution in [0.5, 0.6) is 0 Å². The molecule has 0 aliphatic heterocycles. The van der Waals surface area contributed by atoms with Crippen LogP contribution in [0.3, 0.4) is 0 Å². The molecule has 0 unspecified atom stereocenters. The molecule has 0 saturated heterocycles. The minimum atomic E-state index is 0.480. The molecule has 0 saturated carbocycles. The van der Waals surface area contributed by atoms with Crippen LogP contribution in [0.15, 0.2) is 22.6 Å². The van der Waals surface area contributed by atoms with Gasteiger partial charge in [-0.15, -0.1) is 0 Å². The number of rotatable bonds is 4. The third-order valence-corrected chi connectivity index (χ3v) is 3.36. The van der Waals surface area contributed by atoms with E-state index in [0.717, 1.165) is 17.8 Å². The van der Waals surface area contributed by atoms with Gasteiger partial charge in [0.2, 0.25) is 0 Å². The summed E-state index contributed by atoms with van der Waals surface area (Å²) in [5.41, 5.74) is 9.42. The van der Waals surface area contributed by atoms with E-state index in [2.05, 4.69) is 45.9 Å². The first-order valence-corrected chi connectivity index (χ1v) is 6.77. The van der Waals surface area contributed by atoms with Gasteiger partial charge in [-0.2, -0.15) is 0 Å². The summed E-state index contributed by atoms with van der Waals surface area (Å²) < 4.78 is 5.86. The fourth-order valence-corrected chi connectivity index (χ4v) is 2.37. The lowest BCUT2D eigenvalue weighted by atomic mass is 9.96. The Morgan fingerprint density at radius 2 is 1.89 bits per heavy atom. The van der Waals surface area contributed by atoms with E-state index >= 15 is 0 Å². The Balaban J connectivity index is 2.58. The SMILES string of the molecule is CC(C)Cc1c(CN)oc2ccc(C(C)C)cc12. The lowest BCUT2D eigenvalue weighted by Crippen LogP contribution is -2.01. The van der Waals surface area contributed by atoms with Gasteiger partial charge in [0.15, 0.2) is 0 Å². The zero-order chi connectivity index (χ0) is 13.3. The van der Waals surface area contributed by atoms with Crippen molar-refractivity contribution in [2.24, 2.45) is 11.7 Å². The average Bonchev–Trinajstić information content (AvgIpc) is 2.66. The molecule has 2 rings (SSSR count). The molecule has 1 aromatic carbocycles. The first-order valence-electron chi connectivity index (χ1n) is 6.77. The van der Waals surface area contributed by atoms with Gasteiger partial charge in [-0.3, -0.25) is 0 Å². The molecular formula is C16H23NO. The second kappa shape index (κ2) is 5.15. The highest BCUT2D eigenvalue weighted by molar-refractivity contribution is 5.83. The highest BCUT2D eigenvalue weighted by Crippen LogP contribution is 2.30. The van der Waals surface area contributed by atoms with E-state index in [-0.39, 0.29) is 0 Å². The molecule has 0 aliphatic carbocycles. The van der Waals surface area contributed by atoms with Gasteiger partial charge in [-0.25, -0.2) is 0 Å². The molecule has 0 fully saturated rings. The van der Waals surface area contributed by atoms with Crippen LogP contribution >= 0.6 is 0 Å². The molecule has 0 radical (unpaired) electrons. The van der Waals surface area contributed by atoms with Crippen molar-refractivity contribution in [1.29, 1.82) is 0 Å². The van der Waals surface area contributed by atoms with Crippen LogP contribution in [0.25, 0.3) is 11.0 Å². The van der Waals surface area contributed by atoms with Gasteiger partial charge in [0.1, 0.15) is 11.3 Å². The molecule has 1 aromatic heterocycles. The molecule has 0 atom stereocenters. The van der Waals surface area contributed by atoms with E-state index in [1.54, 1.807) is 0 Å². The largest absolute Gasteiger partial charge is 0.459 e. The quantitative estimate of drug-likeness (QED) is 0.876. The van der Waals surface area contributed by atoms with Crippen molar-refractivity contribution in [1.82, 2.24) is 0 Å². The van der Waals surface area contributed by atoms with Crippen LogP contribution in [0.4, 0.5) is 0 Å². The number of benzene rings is 1. The van der Waals surface area contributed by atoms with E-state index in [1.807, 2.05) is 0 Å². The molecule has 1 heterocycles. The minimum absolute atomic E-state index is 0.480. The third kappa shape index (κ3) is 2.44. The lowest BCUT2D eigenvalue weighted by Gasteiger charge is -2.07. The topological polar surface area (TPSA) is 39.2 Å². The van der Waals surface area contributed by atoms with Gasteiger partial charge < -0.3 is 10.2 Å². The van der Waals surface area contributed by atoms with Crippen molar-refractivity contribution in [3.8, 4) is 0 Å². The zero-order valence-corrected chi connectivity index (χ0v) is 11.8. The molecule has 98 valence electrons. The van der Waals surface area contributed by atoms with E-state index < -0.39 is 0 Å². The Hall–Kier alpha value is -1.28. The van der Waals surface area contributed by atoms with Crippen LogP contribution in [0.2, 0.25) is 0 Å². The van der Waals surface area contributed by atoms with Gasteiger partial charge in [0.25, 0.3) is 0 Å². The number of furan rings is 1. The molecule has 2 aromatic rings. The maximum atomic E-state index is 5.86. The summed E-state index contributed by atoms with van der Waals surface area (Å²) in [7, 11) is 0. The fourth-order valence-electron chi connectivity index (χ4n) is 2.37. The number of hydrogen-bond acceptors (Lipinski definition) is 2. The number of fused-ring (bicyclic) bond motifs is 1. The average molecular weight is 245 g/mol. The zero-order valence-electron chi connectivity index (χ0n) is 11.8. The van der Waals surface area contributed by atoms with Crippen molar-refractivity contribution < 1.29 is 4.42 Å². The van der Waals surface area contributed by atoms with Crippen LogP contribution in [0, 0.1) is 5.92 Å². The number of nitrogens with two attached hydrogens (primary N) is 1. The van der Waals surface area contributed by atoms with Crippen LogP contribution in [-0.4, -0.2) is 0 Å². The Labute approximate surface area is 109 Å². The molecule has 2 N–H and O–H groups in total. The second-order valence-electron chi connectivity index (χ2n) is 5.72. The summed E-state index contributed by atoms with van der Waals surface area (Å²) >= 11 is 0. The maximum absolute atomic E-state index is 5.86. The monoisotopic (exact) mass is 245 g/mol. The third-order valence-electron chi connectivity index (χ3n) is 3.36. The van der Waals surface area contributed by atoms with E-state index in [0.29, 0.717) is 18.4 Å². The Morgan fingerprint density at radius 3 is 2.44 bits per heavy atom.